The van der Waals surface area contributed by atoms with Crippen molar-refractivity contribution in [3.8, 4) is 0 Å². The maximum atomic E-state index is 12.3. The molecule has 2 amide bonds. The third-order valence-electron chi connectivity index (χ3n) is 4.36. The first kappa shape index (κ1) is 14.5. The van der Waals surface area contributed by atoms with Crippen molar-refractivity contribution in [1.82, 2.24) is 15.5 Å². The normalized spacial score (nSPS) is 19.5. The standard InChI is InChI=1S/C19H18N4O/c24-19(22-17-7-4-8-18-16(17)12-20-23-18)21-15-10-9-14(11-15)13-5-2-1-3-6-13/h1-10,12,14-15H,11H2,(H,20,23)(H2,21,22,24)/t14-,15+/m1/s1. The number of aromatic nitrogens is 2. The lowest BCUT2D eigenvalue weighted by Gasteiger charge is -2.15. The highest BCUT2D eigenvalue weighted by atomic mass is 16.2. The van der Waals surface area contributed by atoms with Gasteiger partial charge in [-0.25, -0.2) is 4.79 Å². The summed E-state index contributed by atoms with van der Waals surface area (Å²) in [5.74, 6) is 0.355. The first-order valence-electron chi connectivity index (χ1n) is 8.02. The van der Waals surface area contributed by atoms with Gasteiger partial charge in [-0.2, -0.15) is 5.10 Å². The molecule has 24 heavy (non-hydrogen) atoms. The number of benzene rings is 2. The Labute approximate surface area is 139 Å². The summed E-state index contributed by atoms with van der Waals surface area (Å²) >= 11 is 0. The molecule has 0 saturated heterocycles. The number of nitrogens with one attached hydrogen (secondary N) is 3. The summed E-state index contributed by atoms with van der Waals surface area (Å²) in [6.45, 7) is 0. The van der Waals surface area contributed by atoms with Crippen molar-refractivity contribution in [2.75, 3.05) is 5.32 Å². The summed E-state index contributed by atoms with van der Waals surface area (Å²) in [4.78, 5) is 12.3. The number of urea groups is 1. The molecule has 0 radical (unpaired) electrons. The second-order valence-electron chi connectivity index (χ2n) is 5.98. The van der Waals surface area contributed by atoms with Crippen LogP contribution >= 0.6 is 0 Å². The van der Waals surface area contributed by atoms with Gasteiger partial charge in [-0.05, 0) is 24.1 Å². The Morgan fingerprint density at radius 2 is 1.96 bits per heavy atom. The van der Waals surface area contributed by atoms with Crippen LogP contribution in [0.3, 0.4) is 0 Å². The molecule has 1 aliphatic rings. The minimum atomic E-state index is -0.202. The Morgan fingerprint density at radius 1 is 1.08 bits per heavy atom. The minimum Gasteiger partial charge on any atom is -0.332 e. The average molecular weight is 318 g/mol. The highest BCUT2D eigenvalue weighted by molar-refractivity contribution is 6.00. The summed E-state index contributed by atoms with van der Waals surface area (Å²) in [7, 11) is 0. The summed E-state index contributed by atoms with van der Waals surface area (Å²) in [5.41, 5.74) is 2.93. The molecular formula is C19H18N4O. The van der Waals surface area contributed by atoms with Gasteiger partial charge in [0.2, 0.25) is 0 Å². The molecule has 5 nitrogen and oxygen atoms in total. The first-order valence-corrected chi connectivity index (χ1v) is 8.02. The van der Waals surface area contributed by atoms with E-state index in [4.69, 9.17) is 0 Å². The summed E-state index contributed by atoms with van der Waals surface area (Å²) in [5, 5.41) is 13.7. The second kappa shape index (κ2) is 6.20. The Kier molecular flexibility index (Phi) is 3.75. The molecule has 0 spiro atoms. The SMILES string of the molecule is O=C(Nc1cccc2[nH]ncc12)N[C@H]1C=C[C@@H](c2ccccc2)C1. The van der Waals surface area contributed by atoms with E-state index >= 15 is 0 Å². The van der Waals surface area contributed by atoms with Crippen LogP contribution in [-0.4, -0.2) is 22.3 Å². The number of fused-ring (bicyclic) bond motifs is 1. The molecule has 0 saturated carbocycles. The van der Waals surface area contributed by atoms with Crippen molar-refractivity contribution in [2.45, 2.75) is 18.4 Å². The van der Waals surface area contributed by atoms with Crippen molar-refractivity contribution < 1.29 is 4.79 Å². The van der Waals surface area contributed by atoms with Crippen LogP contribution < -0.4 is 10.6 Å². The van der Waals surface area contributed by atoms with Crippen LogP contribution in [0.15, 0.2) is 66.9 Å². The molecule has 1 aliphatic carbocycles. The number of allylic oxidation sites excluding steroid dienone is 1. The summed E-state index contributed by atoms with van der Waals surface area (Å²) in [6, 6.07) is 15.9. The van der Waals surface area contributed by atoms with E-state index in [0.717, 1.165) is 23.0 Å². The molecule has 2 aromatic carbocycles. The lowest BCUT2D eigenvalue weighted by molar-refractivity contribution is 0.250. The molecule has 3 aromatic rings. The largest absolute Gasteiger partial charge is 0.332 e. The molecule has 120 valence electrons. The number of rotatable bonds is 3. The van der Waals surface area contributed by atoms with Crippen LogP contribution in [0.1, 0.15) is 17.9 Å². The number of hydrogen-bond donors (Lipinski definition) is 3. The highest BCUT2D eigenvalue weighted by Crippen LogP contribution is 2.28. The minimum absolute atomic E-state index is 0.0405. The zero-order chi connectivity index (χ0) is 16.4. The van der Waals surface area contributed by atoms with Gasteiger partial charge in [0, 0.05) is 17.3 Å². The molecule has 0 unspecified atom stereocenters. The van der Waals surface area contributed by atoms with Gasteiger partial charge in [-0.3, -0.25) is 5.10 Å². The molecule has 5 heteroatoms. The zero-order valence-corrected chi connectivity index (χ0v) is 13.1. The molecule has 1 aromatic heterocycles. The van der Waals surface area contributed by atoms with Crippen molar-refractivity contribution >= 4 is 22.6 Å². The van der Waals surface area contributed by atoms with Crippen molar-refractivity contribution in [3.05, 3.63) is 72.4 Å². The molecule has 0 bridgehead atoms. The molecule has 4 rings (SSSR count). The van der Waals surface area contributed by atoms with Gasteiger partial charge in [0.1, 0.15) is 0 Å². The monoisotopic (exact) mass is 318 g/mol. The smallest absolute Gasteiger partial charge is 0.319 e. The number of carbonyl (C=O) groups is 1. The number of H-pyrrole nitrogens is 1. The van der Waals surface area contributed by atoms with Gasteiger partial charge < -0.3 is 10.6 Å². The van der Waals surface area contributed by atoms with Gasteiger partial charge >= 0.3 is 6.03 Å². The number of nitrogens with zero attached hydrogens (tertiary/aromatic N) is 1. The Bertz CT molecular complexity index is 885. The topological polar surface area (TPSA) is 69.8 Å². The Hall–Kier alpha value is -3.08. The van der Waals surface area contributed by atoms with Crippen LogP contribution in [0.2, 0.25) is 0 Å². The van der Waals surface area contributed by atoms with E-state index in [1.54, 1.807) is 6.20 Å². The van der Waals surface area contributed by atoms with Gasteiger partial charge in [-0.15, -0.1) is 0 Å². The van der Waals surface area contributed by atoms with Crippen LogP contribution in [0.4, 0.5) is 10.5 Å². The number of amides is 2. The fourth-order valence-electron chi connectivity index (χ4n) is 3.16. The molecule has 0 aliphatic heterocycles. The van der Waals surface area contributed by atoms with E-state index in [-0.39, 0.29) is 12.1 Å². The predicted octanol–water partition coefficient (Wildman–Crippen LogP) is 3.80. The fraction of sp³-hybridized carbons (Fsp3) is 0.158. The van der Waals surface area contributed by atoms with Gasteiger partial charge in [0.15, 0.2) is 0 Å². The Balaban J connectivity index is 1.39. The van der Waals surface area contributed by atoms with Gasteiger partial charge in [0.25, 0.3) is 0 Å². The maximum Gasteiger partial charge on any atom is 0.319 e. The second-order valence-corrected chi connectivity index (χ2v) is 5.98. The number of hydrogen-bond acceptors (Lipinski definition) is 2. The van der Waals surface area contributed by atoms with E-state index in [2.05, 4.69) is 45.1 Å². The zero-order valence-electron chi connectivity index (χ0n) is 13.1. The third-order valence-corrected chi connectivity index (χ3v) is 4.36. The summed E-state index contributed by atoms with van der Waals surface area (Å²) < 4.78 is 0. The van der Waals surface area contributed by atoms with Crippen LogP contribution in [0.25, 0.3) is 10.9 Å². The van der Waals surface area contributed by atoms with Crippen LogP contribution in [0.5, 0.6) is 0 Å². The Morgan fingerprint density at radius 3 is 2.83 bits per heavy atom. The quantitative estimate of drug-likeness (QED) is 0.643. The van der Waals surface area contributed by atoms with E-state index in [1.165, 1.54) is 5.56 Å². The lowest BCUT2D eigenvalue weighted by atomic mass is 9.98. The van der Waals surface area contributed by atoms with Crippen LogP contribution in [-0.2, 0) is 0 Å². The first-order chi connectivity index (χ1) is 11.8. The third kappa shape index (κ3) is 2.88. The average Bonchev–Trinajstić information content (AvgIpc) is 3.25. The maximum absolute atomic E-state index is 12.3. The van der Waals surface area contributed by atoms with E-state index < -0.39 is 0 Å². The molecular weight excluding hydrogens is 300 g/mol. The summed E-state index contributed by atoms with van der Waals surface area (Å²) in [6.07, 6.45) is 6.83. The van der Waals surface area contributed by atoms with Crippen LogP contribution in [0, 0.1) is 0 Å². The molecule has 3 N–H and O–H groups in total. The highest BCUT2D eigenvalue weighted by Gasteiger charge is 2.21. The van der Waals surface area contributed by atoms with E-state index in [1.807, 2.05) is 36.4 Å². The van der Waals surface area contributed by atoms with Crippen molar-refractivity contribution in [2.24, 2.45) is 0 Å². The van der Waals surface area contributed by atoms with E-state index in [0.29, 0.717) is 5.92 Å². The fourth-order valence-corrected chi connectivity index (χ4v) is 3.16. The predicted molar refractivity (Wildman–Crippen MR) is 95.0 cm³/mol. The van der Waals surface area contributed by atoms with Gasteiger partial charge in [-0.1, -0.05) is 48.6 Å². The molecule has 2 atom stereocenters. The number of aromatic amines is 1. The van der Waals surface area contributed by atoms with E-state index in [9.17, 15) is 4.79 Å². The molecule has 1 heterocycles. The lowest BCUT2D eigenvalue weighted by Crippen LogP contribution is -2.36. The van der Waals surface area contributed by atoms with Gasteiger partial charge in [0.05, 0.1) is 17.4 Å². The van der Waals surface area contributed by atoms with Crippen molar-refractivity contribution in [3.63, 3.8) is 0 Å². The number of carbonyl (C=O) groups excluding carboxylic acids is 1. The van der Waals surface area contributed by atoms with Crippen molar-refractivity contribution in [1.29, 1.82) is 0 Å². The molecule has 0 fully saturated rings. The number of anilines is 1.